The first-order valence-corrected chi connectivity index (χ1v) is 5.49. The summed E-state index contributed by atoms with van der Waals surface area (Å²) in [7, 11) is 1.81. The highest BCUT2D eigenvalue weighted by molar-refractivity contribution is 5.86. The lowest BCUT2D eigenvalue weighted by Gasteiger charge is -2.10. The molecule has 0 aromatic carbocycles. The molecule has 0 aromatic rings. The SMILES string of the molecule is C=C/C=C1/CC(=O)N(C)/C1=C/CC.CC. The van der Waals surface area contributed by atoms with E-state index < -0.39 is 0 Å². The Morgan fingerprint density at radius 1 is 1.47 bits per heavy atom. The van der Waals surface area contributed by atoms with Crippen LogP contribution in [0.5, 0.6) is 0 Å². The van der Waals surface area contributed by atoms with Gasteiger partial charge in [0, 0.05) is 12.7 Å². The minimum atomic E-state index is 0.160. The molecule has 84 valence electrons. The summed E-state index contributed by atoms with van der Waals surface area (Å²) in [5, 5.41) is 0. The molecule has 1 heterocycles. The van der Waals surface area contributed by atoms with Crippen LogP contribution in [0.25, 0.3) is 0 Å². The molecule has 1 fully saturated rings. The third-order valence-corrected chi connectivity index (χ3v) is 2.12. The fraction of sp³-hybridized carbons (Fsp3) is 0.462. The molecule has 0 saturated carbocycles. The van der Waals surface area contributed by atoms with E-state index in [0.29, 0.717) is 6.42 Å². The standard InChI is InChI=1S/C11H15NO.C2H6/c1-4-6-9-8-11(13)12(3)10(9)7-5-2;1-2/h4,6-7H,1,5,8H2,2-3H3;1-2H3/b9-6-,10-7+;. The summed E-state index contributed by atoms with van der Waals surface area (Å²) < 4.78 is 0. The highest BCUT2D eigenvalue weighted by atomic mass is 16.2. The maximum atomic E-state index is 11.4. The van der Waals surface area contributed by atoms with Crippen molar-refractivity contribution in [2.45, 2.75) is 33.6 Å². The second-order valence-electron chi connectivity index (χ2n) is 3.05. The Hall–Kier alpha value is -1.31. The van der Waals surface area contributed by atoms with Gasteiger partial charge in [-0.3, -0.25) is 4.79 Å². The fourth-order valence-electron chi connectivity index (χ4n) is 1.47. The first-order chi connectivity index (χ1) is 7.20. The van der Waals surface area contributed by atoms with Crippen molar-refractivity contribution in [2.24, 2.45) is 0 Å². The number of nitrogens with zero attached hydrogens (tertiary/aromatic N) is 1. The van der Waals surface area contributed by atoms with E-state index in [9.17, 15) is 4.79 Å². The third kappa shape index (κ3) is 3.39. The van der Waals surface area contributed by atoms with Crippen LogP contribution in [0.2, 0.25) is 0 Å². The molecule has 2 heteroatoms. The van der Waals surface area contributed by atoms with E-state index >= 15 is 0 Å². The molecular formula is C13H21NO. The van der Waals surface area contributed by atoms with Crippen LogP contribution < -0.4 is 0 Å². The van der Waals surface area contributed by atoms with Gasteiger partial charge in [-0.1, -0.05) is 45.6 Å². The number of hydrogen-bond acceptors (Lipinski definition) is 1. The maximum absolute atomic E-state index is 11.4. The van der Waals surface area contributed by atoms with Crippen LogP contribution >= 0.6 is 0 Å². The quantitative estimate of drug-likeness (QED) is 0.680. The van der Waals surface area contributed by atoms with Crippen molar-refractivity contribution in [3.8, 4) is 0 Å². The van der Waals surface area contributed by atoms with E-state index in [4.69, 9.17) is 0 Å². The minimum absolute atomic E-state index is 0.160. The van der Waals surface area contributed by atoms with Crippen LogP contribution in [0.4, 0.5) is 0 Å². The monoisotopic (exact) mass is 207 g/mol. The van der Waals surface area contributed by atoms with E-state index in [1.165, 1.54) is 0 Å². The van der Waals surface area contributed by atoms with Crippen molar-refractivity contribution < 1.29 is 4.79 Å². The van der Waals surface area contributed by atoms with Gasteiger partial charge in [-0.25, -0.2) is 0 Å². The summed E-state index contributed by atoms with van der Waals surface area (Å²) in [5.74, 6) is 0.160. The van der Waals surface area contributed by atoms with E-state index in [1.807, 2.05) is 27.0 Å². The Kier molecular flexibility index (Phi) is 6.43. The van der Waals surface area contributed by atoms with Gasteiger partial charge in [-0.05, 0) is 12.0 Å². The molecule has 1 saturated heterocycles. The number of carbonyl (C=O) groups excluding carboxylic acids is 1. The molecule has 0 bridgehead atoms. The zero-order valence-electron chi connectivity index (χ0n) is 10.2. The first-order valence-electron chi connectivity index (χ1n) is 5.49. The molecule has 0 unspecified atom stereocenters. The van der Waals surface area contributed by atoms with Crippen LogP contribution in [0.15, 0.2) is 36.1 Å². The molecule has 0 aliphatic carbocycles. The van der Waals surface area contributed by atoms with Crippen molar-refractivity contribution in [1.82, 2.24) is 4.90 Å². The largest absolute Gasteiger partial charge is 0.315 e. The maximum Gasteiger partial charge on any atom is 0.231 e. The number of carbonyl (C=O) groups is 1. The van der Waals surface area contributed by atoms with Crippen molar-refractivity contribution in [1.29, 1.82) is 0 Å². The van der Waals surface area contributed by atoms with Gasteiger partial charge in [-0.2, -0.15) is 0 Å². The predicted octanol–water partition coefficient (Wildman–Crippen LogP) is 3.28. The second-order valence-corrected chi connectivity index (χ2v) is 3.05. The number of likely N-dealkylation sites (tertiary alicyclic amines) is 1. The van der Waals surface area contributed by atoms with Crippen molar-refractivity contribution in [3.05, 3.63) is 36.1 Å². The minimum Gasteiger partial charge on any atom is -0.315 e. The number of amides is 1. The van der Waals surface area contributed by atoms with Gasteiger partial charge in [0.2, 0.25) is 5.91 Å². The van der Waals surface area contributed by atoms with Gasteiger partial charge in [0.15, 0.2) is 0 Å². The third-order valence-electron chi connectivity index (χ3n) is 2.12. The average Bonchev–Trinajstić information content (AvgIpc) is 2.50. The predicted molar refractivity (Wildman–Crippen MR) is 65.4 cm³/mol. The van der Waals surface area contributed by atoms with Gasteiger partial charge >= 0.3 is 0 Å². The van der Waals surface area contributed by atoms with Gasteiger partial charge in [0.1, 0.15) is 0 Å². The molecule has 1 rings (SSSR count). The van der Waals surface area contributed by atoms with Gasteiger partial charge in [-0.15, -0.1) is 0 Å². The Labute approximate surface area is 93.0 Å². The highest BCUT2D eigenvalue weighted by Gasteiger charge is 2.25. The smallest absolute Gasteiger partial charge is 0.231 e. The van der Waals surface area contributed by atoms with Gasteiger partial charge < -0.3 is 4.90 Å². The lowest BCUT2D eigenvalue weighted by Crippen LogP contribution is -2.16. The molecule has 0 radical (unpaired) electrons. The first kappa shape index (κ1) is 13.7. The zero-order chi connectivity index (χ0) is 11.8. The van der Waals surface area contributed by atoms with Crippen molar-refractivity contribution in [2.75, 3.05) is 7.05 Å². The fourth-order valence-corrected chi connectivity index (χ4v) is 1.47. The Morgan fingerprint density at radius 2 is 2.07 bits per heavy atom. The number of likely N-dealkylation sites (N-methyl/N-ethyl adjacent to an activating group) is 1. The summed E-state index contributed by atoms with van der Waals surface area (Å²) in [6.07, 6.45) is 7.16. The summed E-state index contributed by atoms with van der Waals surface area (Å²) >= 11 is 0. The lowest BCUT2D eigenvalue weighted by atomic mass is 10.1. The molecule has 0 N–H and O–H groups in total. The average molecular weight is 207 g/mol. The van der Waals surface area contributed by atoms with Crippen LogP contribution in [-0.4, -0.2) is 17.9 Å². The van der Waals surface area contributed by atoms with E-state index in [2.05, 4.69) is 19.6 Å². The normalized spacial score (nSPS) is 20.5. The van der Waals surface area contributed by atoms with Crippen LogP contribution in [0, 0.1) is 0 Å². The Bertz CT molecular complexity index is 287. The molecule has 0 spiro atoms. The van der Waals surface area contributed by atoms with E-state index in [1.54, 1.807) is 11.0 Å². The summed E-state index contributed by atoms with van der Waals surface area (Å²) in [4.78, 5) is 13.1. The Balaban J connectivity index is 0.000000921. The van der Waals surface area contributed by atoms with Gasteiger partial charge in [0.25, 0.3) is 0 Å². The summed E-state index contributed by atoms with van der Waals surface area (Å²) in [6.45, 7) is 9.70. The summed E-state index contributed by atoms with van der Waals surface area (Å²) in [6, 6.07) is 0. The number of allylic oxidation sites excluding steroid dienone is 4. The molecule has 0 atom stereocenters. The number of hydrogen-bond donors (Lipinski definition) is 0. The second kappa shape index (κ2) is 7.04. The highest BCUT2D eigenvalue weighted by Crippen LogP contribution is 2.27. The Morgan fingerprint density at radius 3 is 2.53 bits per heavy atom. The number of rotatable bonds is 2. The lowest BCUT2D eigenvalue weighted by molar-refractivity contribution is -0.125. The van der Waals surface area contributed by atoms with E-state index in [0.717, 1.165) is 17.7 Å². The topological polar surface area (TPSA) is 20.3 Å². The zero-order valence-corrected chi connectivity index (χ0v) is 10.2. The van der Waals surface area contributed by atoms with Crippen LogP contribution in [0.3, 0.4) is 0 Å². The van der Waals surface area contributed by atoms with Crippen LogP contribution in [-0.2, 0) is 4.79 Å². The van der Waals surface area contributed by atoms with E-state index in [-0.39, 0.29) is 5.91 Å². The van der Waals surface area contributed by atoms with Gasteiger partial charge in [0.05, 0.1) is 6.42 Å². The van der Waals surface area contributed by atoms with Crippen LogP contribution in [0.1, 0.15) is 33.6 Å². The molecule has 2 nitrogen and oxygen atoms in total. The molecule has 1 aliphatic heterocycles. The molecule has 1 amide bonds. The van der Waals surface area contributed by atoms with Crippen molar-refractivity contribution in [3.63, 3.8) is 0 Å². The van der Waals surface area contributed by atoms with Crippen molar-refractivity contribution >= 4 is 5.91 Å². The molecular weight excluding hydrogens is 186 g/mol. The molecule has 15 heavy (non-hydrogen) atoms. The molecule has 1 aliphatic rings. The molecule has 0 aromatic heterocycles. The summed E-state index contributed by atoms with van der Waals surface area (Å²) in [5.41, 5.74) is 2.11.